The highest BCUT2D eigenvalue weighted by molar-refractivity contribution is 5.73. The van der Waals surface area contributed by atoms with Crippen molar-refractivity contribution in [2.24, 2.45) is 0 Å². The van der Waals surface area contributed by atoms with Crippen molar-refractivity contribution in [2.75, 3.05) is 6.54 Å². The summed E-state index contributed by atoms with van der Waals surface area (Å²) in [4.78, 5) is 11.3. The molecule has 0 heterocycles. The Bertz CT molecular complexity index is 395. The third-order valence-electron chi connectivity index (χ3n) is 2.22. The lowest BCUT2D eigenvalue weighted by molar-refractivity contribution is 0.240. The van der Waals surface area contributed by atoms with Crippen LogP contribution in [0.15, 0.2) is 24.3 Å². The number of amides is 2. The van der Waals surface area contributed by atoms with Crippen LogP contribution in [-0.4, -0.2) is 12.6 Å². The van der Waals surface area contributed by atoms with E-state index in [1.807, 2.05) is 37.3 Å². The van der Waals surface area contributed by atoms with Crippen LogP contribution < -0.4 is 10.6 Å². The third kappa shape index (κ3) is 4.01. The smallest absolute Gasteiger partial charge is 0.315 e. The van der Waals surface area contributed by atoms with Crippen LogP contribution in [-0.2, 0) is 6.54 Å². The molecule has 1 aromatic rings. The molecule has 0 aliphatic rings. The van der Waals surface area contributed by atoms with E-state index >= 15 is 0 Å². The first-order chi connectivity index (χ1) is 7.74. The normalized spacial score (nSPS) is 9.25. The highest BCUT2D eigenvalue weighted by Gasteiger charge is 2.00. The molecule has 0 bridgehead atoms. The molecule has 2 N–H and O–H groups in total. The van der Waals surface area contributed by atoms with Crippen LogP contribution in [0.5, 0.6) is 0 Å². The Morgan fingerprint density at radius 3 is 2.81 bits per heavy atom. The molecular formula is C12H15N3O. The fraction of sp³-hybridized carbons (Fsp3) is 0.333. The topological polar surface area (TPSA) is 64.9 Å². The third-order valence-corrected chi connectivity index (χ3v) is 2.22. The van der Waals surface area contributed by atoms with Gasteiger partial charge in [-0.1, -0.05) is 24.3 Å². The van der Waals surface area contributed by atoms with Crippen molar-refractivity contribution in [3.05, 3.63) is 35.4 Å². The summed E-state index contributed by atoms with van der Waals surface area (Å²) in [5.41, 5.74) is 2.25. The molecule has 0 aromatic heterocycles. The van der Waals surface area contributed by atoms with Gasteiger partial charge in [0.05, 0.1) is 12.5 Å². The van der Waals surface area contributed by atoms with Gasteiger partial charge in [0.25, 0.3) is 0 Å². The van der Waals surface area contributed by atoms with E-state index in [2.05, 4.69) is 10.6 Å². The molecule has 4 heteroatoms. The van der Waals surface area contributed by atoms with Gasteiger partial charge >= 0.3 is 6.03 Å². The molecule has 0 saturated carbocycles. The number of hydrogen-bond donors (Lipinski definition) is 2. The van der Waals surface area contributed by atoms with Gasteiger partial charge in [0.15, 0.2) is 0 Å². The van der Waals surface area contributed by atoms with Crippen molar-refractivity contribution in [2.45, 2.75) is 19.9 Å². The number of hydrogen-bond acceptors (Lipinski definition) is 2. The molecule has 84 valence electrons. The van der Waals surface area contributed by atoms with Gasteiger partial charge in [0.1, 0.15) is 0 Å². The number of nitrogens with zero attached hydrogens (tertiary/aromatic N) is 1. The van der Waals surface area contributed by atoms with Crippen molar-refractivity contribution in [3.8, 4) is 6.07 Å². The van der Waals surface area contributed by atoms with Crippen LogP contribution in [0.25, 0.3) is 0 Å². The number of carbonyl (C=O) groups is 1. The van der Waals surface area contributed by atoms with Gasteiger partial charge in [0, 0.05) is 13.1 Å². The van der Waals surface area contributed by atoms with Crippen LogP contribution in [0, 0.1) is 18.3 Å². The molecule has 0 aliphatic heterocycles. The number of urea groups is 1. The van der Waals surface area contributed by atoms with Gasteiger partial charge < -0.3 is 10.6 Å². The van der Waals surface area contributed by atoms with E-state index < -0.39 is 0 Å². The number of nitrogens with one attached hydrogen (secondary N) is 2. The van der Waals surface area contributed by atoms with E-state index in [-0.39, 0.29) is 6.03 Å². The lowest BCUT2D eigenvalue weighted by Gasteiger charge is -2.08. The number of rotatable bonds is 4. The van der Waals surface area contributed by atoms with Crippen LogP contribution >= 0.6 is 0 Å². The lowest BCUT2D eigenvalue weighted by Crippen LogP contribution is -2.35. The zero-order valence-electron chi connectivity index (χ0n) is 9.29. The Kier molecular flexibility index (Phi) is 4.87. The van der Waals surface area contributed by atoms with Crippen LogP contribution in [0.1, 0.15) is 17.5 Å². The van der Waals surface area contributed by atoms with Gasteiger partial charge in [-0.2, -0.15) is 5.26 Å². The van der Waals surface area contributed by atoms with Crippen LogP contribution in [0.4, 0.5) is 4.79 Å². The molecule has 0 radical (unpaired) electrons. The van der Waals surface area contributed by atoms with Crippen molar-refractivity contribution in [1.29, 1.82) is 5.26 Å². The predicted octanol–water partition coefficient (Wildman–Crippen LogP) is 1.71. The second-order valence-corrected chi connectivity index (χ2v) is 3.44. The molecule has 16 heavy (non-hydrogen) atoms. The van der Waals surface area contributed by atoms with Gasteiger partial charge in [-0.15, -0.1) is 0 Å². The lowest BCUT2D eigenvalue weighted by atomic mass is 10.1. The minimum absolute atomic E-state index is 0.237. The van der Waals surface area contributed by atoms with E-state index in [0.717, 1.165) is 11.1 Å². The molecule has 4 nitrogen and oxygen atoms in total. The standard InChI is InChI=1S/C12H15N3O/c1-10-5-2-3-6-11(10)9-15-12(16)14-8-4-7-13/h2-3,5-6H,4,8-9H2,1H3,(H2,14,15,16). The largest absolute Gasteiger partial charge is 0.337 e. The van der Waals surface area contributed by atoms with Crippen molar-refractivity contribution in [1.82, 2.24) is 10.6 Å². The summed E-state index contributed by atoms with van der Waals surface area (Å²) < 4.78 is 0. The Labute approximate surface area is 95.3 Å². The van der Waals surface area contributed by atoms with Crippen molar-refractivity contribution >= 4 is 6.03 Å². The molecule has 0 saturated heterocycles. The molecule has 1 aromatic carbocycles. The second kappa shape index (κ2) is 6.46. The van der Waals surface area contributed by atoms with E-state index in [9.17, 15) is 4.79 Å². The van der Waals surface area contributed by atoms with Crippen LogP contribution in [0.3, 0.4) is 0 Å². The predicted molar refractivity (Wildman–Crippen MR) is 61.6 cm³/mol. The van der Waals surface area contributed by atoms with Gasteiger partial charge in [-0.3, -0.25) is 0 Å². The fourth-order valence-electron chi connectivity index (χ4n) is 1.28. The van der Waals surface area contributed by atoms with E-state index in [4.69, 9.17) is 5.26 Å². The molecule has 1 rings (SSSR count). The summed E-state index contributed by atoms with van der Waals surface area (Å²) >= 11 is 0. The molecule has 0 atom stereocenters. The van der Waals surface area contributed by atoms with Gasteiger partial charge in [-0.25, -0.2) is 4.79 Å². The maximum Gasteiger partial charge on any atom is 0.315 e. The molecule has 0 aliphatic carbocycles. The number of aryl methyl sites for hydroxylation is 1. The number of benzene rings is 1. The van der Waals surface area contributed by atoms with Crippen molar-refractivity contribution < 1.29 is 4.79 Å². The highest BCUT2D eigenvalue weighted by atomic mass is 16.2. The number of nitriles is 1. The van der Waals surface area contributed by atoms with E-state index in [1.54, 1.807) is 0 Å². The molecular weight excluding hydrogens is 202 g/mol. The fourth-order valence-corrected chi connectivity index (χ4v) is 1.28. The molecule has 2 amide bonds. The van der Waals surface area contributed by atoms with Crippen LogP contribution in [0.2, 0.25) is 0 Å². The minimum Gasteiger partial charge on any atom is -0.337 e. The average Bonchev–Trinajstić information content (AvgIpc) is 2.28. The average molecular weight is 217 g/mol. The van der Waals surface area contributed by atoms with Gasteiger partial charge in [-0.05, 0) is 18.1 Å². The first-order valence-corrected chi connectivity index (χ1v) is 5.17. The number of carbonyl (C=O) groups excluding carboxylic acids is 1. The first-order valence-electron chi connectivity index (χ1n) is 5.17. The Morgan fingerprint density at radius 2 is 2.12 bits per heavy atom. The van der Waals surface area contributed by atoms with E-state index in [1.165, 1.54) is 0 Å². The summed E-state index contributed by atoms with van der Waals surface area (Å²) in [6.45, 7) is 2.89. The second-order valence-electron chi connectivity index (χ2n) is 3.44. The highest BCUT2D eigenvalue weighted by Crippen LogP contribution is 2.05. The molecule has 0 unspecified atom stereocenters. The Morgan fingerprint density at radius 1 is 1.38 bits per heavy atom. The Hall–Kier alpha value is -2.02. The minimum atomic E-state index is -0.237. The monoisotopic (exact) mass is 217 g/mol. The SMILES string of the molecule is Cc1ccccc1CNC(=O)NCCC#N. The van der Waals surface area contributed by atoms with Crippen molar-refractivity contribution in [3.63, 3.8) is 0 Å². The maximum absolute atomic E-state index is 11.3. The summed E-state index contributed by atoms with van der Waals surface area (Å²) in [6.07, 6.45) is 0.331. The summed E-state index contributed by atoms with van der Waals surface area (Å²) in [5, 5.41) is 13.6. The van der Waals surface area contributed by atoms with E-state index in [0.29, 0.717) is 19.5 Å². The first kappa shape index (κ1) is 12.1. The molecule has 0 fully saturated rings. The molecule has 0 spiro atoms. The summed E-state index contributed by atoms with van der Waals surface area (Å²) in [7, 11) is 0. The summed E-state index contributed by atoms with van der Waals surface area (Å²) in [6, 6.07) is 9.61. The zero-order chi connectivity index (χ0) is 11.8. The quantitative estimate of drug-likeness (QED) is 0.754. The summed E-state index contributed by atoms with van der Waals surface area (Å²) in [5.74, 6) is 0. The maximum atomic E-state index is 11.3. The Balaban J connectivity index is 2.32. The van der Waals surface area contributed by atoms with Gasteiger partial charge in [0.2, 0.25) is 0 Å². The zero-order valence-corrected chi connectivity index (χ0v) is 9.29.